The van der Waals surface area contributed by atoms with E-state index in [1.807, 2.05) is 13.0 Å². The Bertz CT molecular complexity index is 673. The summed E-state index contributed by atoms with van der Waals surface area (Å²) < 4.78 is 38.7. The van der Waals surface area contributed by atoms with Crippen LogP contribution < -0.4 is 0 Å². The van der Waals surface area contributed by atoms with Gasteiger partial charge >= 0.3 is 0 Å². The quantitative estimate of drug-likeness (QED) is 0.551. The van der Waals surface area contributed by atoms with Crippen molar-refractivity contribution in [1.29, 1.82) is 0 Å². The standard InChI is InChI=1S/C21H32O4S/c1-3-4-5-6-10-13-21(24-16-17-25-21)20(14-15-20)18(2)26(22,23)19-11-8-7-9-12-19/h7-9,11-12,18H,3-6,10,13-17H2,1-2H3. The molecule has 26 heavy (non-hydrogen) atoms. The first-order valence-electron chi connectivity index (χ1n) is 10.1. The van der Waals surface area contributed by atoms with Crippen LogP contribution in [0.4, 0.5) is 0 Å². The molecule has 1 unspecified atom stereocenters. The van der Waals surface area contributed by atoms with Crippen LogP contribution in [0.5, 0.6) is 0 Å². The molecule has 1 aliphatic carbocycles. The summed E-state index contributed by atoms with van der Waals surface area (Å²) in [6.45, 7) is 5.18. The van der Waals surface area contributed by atoms with Crippen LogP contribution in [-0.2, 0) is 19.3 Å². The Morgan fingerprint density at radius 1 is 1.00 bits per heavy atom. The molecule has 2 aliphatic rings. The van der Waals surface area contributed by atoms with Gasteiger partial charge in [-0.15, -0.1) is 0 Å². The molecule has 146 valence electrons. The summed E-state index contributed by atoms with van der Waals surface area (Å²) in [5.41, 5.74) is -0.414. The van der Waals surface area contributed by atoms with Gasteiger partial charge in [0.1, 0.15) is 0 Å². The van der Waals surface area contributed by atoms with Crippen LogP contribution in [0, 0.1) is 5.41 Å². The lowest BCUT2D eigenvalue weighted by Gasteiger charge is -2.39. The van der Waals surface area contributed by atoms with E-state index in [2.05, 4.69) is 6.92 Å². The summed E-state index contributed by atoms with van der Waals surface area (Å²) in [4.78, 5) is 0.398. The topological polar surface area (TPSA) is 52.6 Å². The predicted molar refractivity (Wildman–Crippen MR) is 103 cm³/mol. The Morgan fingerprint density at radius 2 is 1.62 bits per heavy atom. The molecule has 0 bridgehead atoms. The molecule has 5 heteroatoms. The van der Waals surface area contributed by atoms with Gasteiger partial charge in [0.05, 0.1) is 23.4 Å². The van der Waals surface area contributed by atoms with Gasteiger partial charge in [-0.1, -0.05) is 50.8 Å². The van der Waals surface area contributed by atoms with E-state index in [1.165, 1.54) is 19.3 Å². The minimum atomic E-state index is -3.41. The van der Waals surface area contributed by atoms with Crippen molar-refractivity contribution < 1.29 is 17.9 Å². The maximum Gasteiger partial charge on any atom is 0.181 e. The van der Waals surface area contributed by atoms with Gasteiger partial charge in [0.2, 0.25) is 0 Å². The van der Waals surface area contributed by atoms with Crippen molar-refractivity contribution in [1.82, 2.24) is 0 Å². The van der Waals surface area contributed by atoms with E-state index in [4.69, 9.17) is 9.47 Å². The SMILES string of the molecule is CCCCCCCC1(C2(C(C)S(=O)(=O)c3ccccc3)CC2)OCCO1. The summed E-state index contributed by atoms with van der Waals surface area (Å²) >= 11 is 0. The molecule has 4 nitrogen and oxygen atoms in total. The Balaban J connectivity index is 1.78. The maximum absolute atomic E-state index is 13.2. The van der Waals surface area contributed by atoms with Crippen LogP contribution in [0.3, 0.4) is 0 Å². The van der Waals surface area contributed by atoms with Gasteiger partial charge in [-0.05, 0) is 38.3 Å². The first-order valence-corrected chi connectivity index (χ1v) is 11.6. The molecule has 1 aromatic carbocycles. The molecule has 0 radical (unpaired) electrons. The molecule has 0 N–H and O–H groups in total. The minimum Gasteiger partial charge on any atom is -0.347 e. The second-order valence-corrected chi connectivity index (χ2v) is 10.0. The maximum atomic E-state index is 13.2. The molecular formula is C21H32O4S. The van der Waals surface area contributed by atoms with E-state index in [9.17, 15) is 8.42 Å². The fourth-order valence-corrected chi connectivity index (χ4v) is 6.39. The van der Waals surface area contributed by atoms with Crippen molar-refractivity contribution in [3.63, 3.8) is 0 Å². The molecule has 0 spiro atoms. The van der Waals surface area contributed by atoms with Gasteiger partial charge < -0.3 is 9.47 Å². The third-order valence-corrected chi connectivity index (χ3v) is 8.54. The van der Waals surface area contributed by atoms with Crippen molar-refractivity contribution in [2.24, 2.45) is 5.41 Å². The highest BCUT2D eigenvalue weighted by atomic mass is 32.2. The number of hydrogen-bond donors (Lipinski definition) is 0. The number of sulfone groups is 1. The minimum absolute atomic E-state index is 0.398. The van der Waals surface area contributed by atoms with Gasteiger partial charge in [0.15, 0.2) is 15.6 Å². The Hall–Kier alpha value is -0.910. The summed E-state index contributed by atoms with van der Waals surface area (Å²) in [7, 11) is -3.41. The predicted octanol–water partition coefficient (Wildman–Crippen LogP) is 4.73. The lowest BCUT2D eigenvalue weighted by molar-refractivity contribution is -0.211. The summed E-state index contributed by atoms with van der Waals surface area (Å²) in [5.74, 6) is -0.722. The lowest BCUT2D eigenvalue weighted by Crippen LogP contribution is -2.49. The van der Waals surface area contributed by atoms with Crippen LogP contribution in [0.1, 0.15) is 65.2 Å². The van der Waals surface area contributed by atoms with Gasteiger partial charge in [-0.25, -0.2) is 8.42 Å². The molecular weight excluding hydrogens is 348 g/mol. The number of rotatable bonds is 10. The molecule has 1 aromatic rings. The van der Waals surface area contributed by atoms with E-state index >= 15 is 0 Å². The highest BCUT2D eigenvalue weighted by Gasteiger charge is 2.67. The third kappa shape index (κ3) is 3.58. The monoisotopic (exact) mass is 380 g/mol. The smallest absolute Gasteiger partial charge is 0.181 e. The zero-order valence-corrected chi connectivity index (χ0v) is 16.9. The molecule has 2 fully saturated rings. The summed E-state index contributed by atoms with van der Waals surface area (Å²) in [5, 5.41) is -0.508. The van der Waals surface area contributed by atoms with Crippen molar-refractivity contribution in [2.45, 2.75) is 81.1 Å². The Kier molecular flexibility index (Phi) is 6.10. The molecule has 1 aliphatic heterocycles. The first kappa shape index (κ1) is 19.8. The highest BCUT2D eigenvalue weighted by molar-refractivity contribution is 7.92. The molecule has 1 atom stereocenters. The van der Waals surface area contributed by atoms with Crippen LogP contribution in [-0.4, -0.2) is 32.7 Å². The fraction of sp³-hybridized carbons (Fsp3) is 0.714. The first-order chi connectivity index (χ1) is 12.5. The third-order valence-electron chi connectivity index (χ3n) is 6.23. The largest absolute Gasteiger partial charge is 0.347 e. The Morgan fingerprint density at radius 3 is 2.19 bits per heavy atom. The molecule has 3 rings (SSSR count). The number of ether oxygens (including phenoxy) is 2. The van der Waals surface area contributed by atoms with Gasteiger partial charge in [-0.3, -0.25) is 0 Å². The number of benzene rings is 1. The number of hydrogen-bond acceptors (Lipinski definition) is 4. The van der Waals surface area contributed by atoms with Crippen molar-refractivity contribution in [3.8, 4) is 0 Å². The average molecular weight is 381 g/mol. The zero-order chi connectivity index (χ0) is 18.7. The average Bonchev–Trinajstić information content (AvgIpc) is 3.34. The van der Waals surface area contributed by atoms with Crippen molar-refractivity contribution >= 4 is 9.84 Å². The van der Waals surface area contributed by atoms with Crippen LogP contribution in [0.25, 0.3) is 0 Å². The van der Waals surface area contributed by atoms with E-state index in [1.54, 1.807) is 24.3 Å². The number of unbranched alkanes of at least 4 members (excludes halogenated alkanes) is 4. The normalized spacial score (nSPS) is 22.2. The van der Waals surface area contributed by atoms with E-state index in [0.29, 0.717) is 18.1 Å². The molecule has 1 heterocycles. The summed E-state index contributed by atoms with van der Waals surface area (Å²) in [6, 6.07) is 8.79. The van der Waals surface area contributed by atoms with Gasteiger partial charge in [0, 0.05) is 11.8 Å². The van der Waals surface area contributed by atoms with Crippen LogP contribution in [0.2, 0.25) is 0 Å². The Labute approximate surface area is 158 Å². The summed E-state index contributed by atoms with van der Waals surface area (Å²) in [6.07, 6.45) is 8.37. The molecule has 1 saturated heterocycles. The second kappa shape index (κ2) is 7.99. The molecule has 0 aromatic heterocycles. The zero-order valence-electron chi connectivity index (χ0n) is 16.1. The van der Waals surface area contributed by atoms with Crippen molar-refractivity contribution in [3.05, 3.63) is 30.3 Å². The highest BCUT2D eigenvalue weighted by Crippen LogP contribution is 2.63. The van der Waals surface area contributed by atoms with E-state index in [-0.39, 0.29) is 0 Å². The van der Waals surface area contributed by atoms with Crippen molar-refractivity contribution in [2.75, 3.05) is 13.2 Å². The van der Waals surface area contributed by atoms with Gasteiger partial charge in [-0.2, -0.15) is 0 Å². The second-order valence-electron chi connectivity index (χ2n) is 7.77. The molecule has 0 amide bonds. The van der Waals surface area contributed by atoms with Crippen LogP contribution in [0.15, 0.2) is 35.2 Å². The lowest BCUT2D eigenvalue weighted by atomic mass is 9.87. The van der Waals surface area contributed by atoms with E-state index < -0.39 is 26.3 Å². The fourth-order valence-electron chi connectivity index (χ4n) is 4.44. The van der Waals surface area contributed by atoms with Crippen LogP contribution >= 0.6 is 0 Å². The van der Waals surface area contributed by atoms with E-state index in [0.717, 1.165) is 32.1 Å². The van der Waals surface area contributed by atoms with Gasteiger partial charge in [0.25, 0.3) is 0 Å². The molecule has 1 saturated carbocycles.